The van der Waals surface area contributed by atoms with Gasteiger partial charge in [0.1, 0.15) is 10.4 Å². The zero-order chi connectivity index (χ0) is 28.4. The van der Waals surface area contributed by atoms with Gasteiger partial charge in [0, 0.05) is 12.2 Å². The van der Waals surface area contributed by atoms with Crippen molar-refractivity contribution in [1.82, 2.24) is 14.1 Å². The first-order chi connectivity index (χ1) is 19.3. The van der Waals surface area contributed by atoms with Gasteiger partial charge in [0.05, 0.1) is 24.2 Å². The van der Waals surface area contributed by atoms with E-state index in [4.69, 9.17) is 21.9 Å². The van der Waals surface area contributed by atoms with Crippen LogP contribution in [0.5, 0.6) is 5.75 Å². The number of methoxy groups -OCH3 is 1. The number of carbonyl (C=O) groups is 1. The van der Waals surface area contributed by atoms with E-state index in [1.807, 2.05) is 92.1 Å². The number of amides is 1. The molecule has 0 radical (unpaired) electrons. The number of hydrogen-bond acceptors (Lipinski definition) is 7. The number of aromatic nitrogens is 3. The molecule has 0 unspecified atom stereocenters. The van der Waals surface area contributed by atoms with E-state index in [0.29, 0.717) is 37.4 Å². The van der Waals surface area contributed by atoms with Gasteiger partial charge < -0.3 is 9.64 Å². The molecule has 0 fully saturated rings. The first-order valence-corrected chi connectivity index (χ1v) is 14.9. The molecule has 0 saturated carbocycles. The lowest BCUT2D eigenvalue weighted by Gasteiger charge is -2.22. The zero-order valence-electron chi connectivity index (χ0n) is 22.6. The van der Waals surface area contributed by atoms with Crippen LogP contribution in [0.1, 0.15) is 18.1 Å². The van der Waals surface area contributed by atoms with Gasteiger partial charge >= 0.3 is 0 Å². The van der Waals surface area contributed by atoms with Crippen molar-refractivity contribution in [3.05, 3.63) is 98.2 Å². The van der Waals surface area contributed by atoms with E-state index >= 15 is 0 Å². The minimum absolute atomic E-state index is 0.0833. The Bertz CT molecular complexity index is 1840. The summed E-state index contributed by atoms with van der Waals surface area (Å²) in [5, 5.41) is 0.380. The largest absolute Gasteiger partial charge is 0.495 e. The average Bonchev–Trinajstić information content (AvgIpc) is 3.28. The van der Waals surface area contributed by atoms with Crippen LogP contribution in [0.25, 0.3) is 21.7 Å². The van der Waals surface area contributed by atoms with E-state index in [-0.39, 0.29) is 17.2 Å². The molecule has 7 nitrogen and oxygen atoms in total. The minimum Gasteiger partial charge on any atom is -0.495 e. The van der Waals surface area contributed by atoms with Gasteiger partial charge in [-0.15, -0.1) is 0 Å². The van der Waals surface area contributed by atoms with Crippen molar-refractivity contribution in [3.63, 3.8) is 0 Å². The summed E-state index contributed by atoms with van der Waals surface area (Å²) in [7, 11) is 1.56. The van der Waals surface area contributed by atoms with Gasteiger partial charge in [-0.1, -0.05) is 65.6 Å². The van der Waals surface area contributed by atoms with E-state index < -0.39 is 0 Å². The molecule has 0 aliphatic carbocycles. The number of para-hydroxylation sites is 3. The second kappa shape index (κ2) is 11.8. The molecule has 0 N–H and O–H groups in total. The molecule has 1 amide bonds. The van der Waals surface area contributed by atoms with Gasteiger partial charge in [-0.3, -0.25) is 18.7 Å². The third-order valence-electron chi connectivity index (χ3n) is 6.51. The maximum atomic E-state index is 14.1. The van der Waals surface area contributed by atoms with Crippen LogP contribution in [-0.2, 0) is 4.79 Å². The minimum atomic E-state index is -0.265. The maximum Gasteiger partial charge on any atom is 0.278 e. The van der Waals surface area contributed by atoms with Crippen LogP contribution in [0.15, 0.2) is 82.7 Å². The molecule has 5 aromatic rings. The fourth-order valence-corrected chi connectivity index (χ4v) is 6.75. The highest BCUT2D eigenvalue weighted by Crippen LogP contribution is 2.31. The number of thiazole rings is 1. The Morgan fingerprint density at radius 1 is 1.02 bits per heavy atom. The summed E-state index contributed by atoms with van der Waals surface area (Å²) in [6, 6.07) is 23.0. The highest BCUT2D eigenvalue weighted by atomic mass is 32.2. The van der Waals surface area contributed by atoms with Crippen molar-refractivity contribution in [2.75, 3.05) is 24.3 Å². The van der Waals surface area contributed by atoms with E-state index in [1.165, 1.54) is 27.7 Å². The third-order valence-corrected chi connectivity index (χ3v) is 8.79. The Labute approximate surface area is 245 Å². The number of anilines is 1. The maximum absolute atomic E-state index is 14.1. The van der Waals surface area contributed by atoms with Crippen LogP contribution in [0, 0.1) is 17.8 Å². The molecular weight excluding hydrogens is 561 g/mol. The molecule has 3 aromatic carbocycles. The van der Waals surface area contributed by atoms with Crippen LogP contribution in [0.4, 0.5) is 5.69 Å². The van der Waals surface area contributed by atoms with Crippen molar-refractivity contribution < 1.29 is 9.53 Å². The van der Waals surface area contributed by atoms with Crippen molar-refractivity contribution in [1.29, 1.82) is 0 Å². The lowest BCUT2D eigenvalue weighted by Crippen LogP contribution is -2.32. The predicted octanol–water partition coefficient (Wildman–Crippen LogP) is 6.74. The summed E-state index contributed by atoms with van der Waals surface area (Å²) >= 11 is 8.18. The molecule has 0 atom stereocenters. The fourth-order valence-electron chi connectivity index (χ4n) is 4.59. The summed E-state index contributed by atoms with van der Waals surface area (Å²) in [6.45, 7) is 6.46. The molecule has 2 heterocycles. The number of carbonyl (C=O) groups excluding carboxylic acids is 1. The molecule has 0 saturated heterocycles. The van der Waals surface area contributed by atoms with Crippen molar-refractivity contribution in [3.8, 4) is 17.1 Å². The second-order valence-corrected chi connectivity index (χ2v) is 11.7. The summed E-state index contributed by atoms with van der Waals surface area (Å²) < 4.78 is 9.92. The predicted molar refractivity (Wildman–Crippen MR) is 167 cm³/mol. The first kappa shape index (κ1) is 27.8. The molecule has 0 bridgehead atoms. The van der Waals surface area contributed by atoms with E-state index in [1.54, 1.807) is 18.1 Å². The lowest BCUT2D eigenvalue weighted by atomic mass is 10.2. The Balaban J connectivity index is 1.66. The Morgan fingerprint density at radius 2 is 1.75 bits per heavy atom. The molecule has 0 spiro atoms. The molecular formula is C30H28N4O3S3. The number of thioether (sulfide) groups is 1. The standard InChI is InChI=1S/C30H28N4O3S3/c1-5-32(21-13-10-11-19(2)17-21)25(35)18-39-29-31-27-26(28(36)34(29)23-15-8-9-16-24(23)37-4)40-30(38)33(27)22-14-7-6-12-20(22)3/h6-17H,5,18H2,1-4H3. The average molecular weight is 589 g/mol. The van der Waals surface area contributed by atoms with Crippen molar-refractivity contribution >= 4 is 57.3 Å². The lowest BCUT2D eigenvalue weighted by molar-refractivity contribution is -0.116. The molecule has 0 aliphatic heterocycles. The first-order valence-electron chi connectivity index (χ1n) is 12.7. The number of rotatable bonds is 8. The van der Waals surface area contributed by atoms with Crippen molar-refractivity contribution in [2.45, 2.75) is 25.9 Å². The number of fused-ring (bicyclic) bond motifs is 1. The quantitative estimate of drug-likeness (QED) is 0.114. The van der Waals surface area contributed by atoms with Crippen LogP contribution in [0.2, 0.25) is 0 Å². The third kappa shape index (κ3) is 5.22. The SMILES string of the molecule is CCN(C(=O)CSc1nc2c(sc(=S)n2-c2ccccc2C)c(=O)n1-c1ccccc1OC)c1cccc(C)c1. The number of hydrogen-bond donors (Lipinski definition) is 0. The van der Waals surface area contributed by atoms with E-state index in [9.17, 15) is 9.59 Å². The summed E-state index contributed by atoms with van der Waals surface area (Å²) in [5.74, 6) is 0.528. The molecule has 2 aromatic heterocycles. The van der Waals surface area contributed by atoms with Gasteiger partial charge in [-0.05, 0) is 74.4 Å². The summed E-state index contributed by atoms with van der Waals surface area (Å²) in [4.78, 5) is 34.3. The number of aryl methyl sites for hydroxylation is 2. The van der Waals surface area contributed by atoms with Gasteiger partial charge in [-0.2, -0.15) is 0 Å². The Kier molecular flexibility index (Phi) is 8.20. The van der Waals surface area contributed by atoms with Gasteiger partial charge in [0.25, 0.3) is 5.56 Å². The summed E-state index contributed by atoms with van der Waals surface area (Å²) in [5.41, 5.74) is 4.54. The summed E-state index contributed by atoms with van der Waals surface area (Å²) in [6.07, 6.45) is 0. The molecule has 40 heavy (non-hydrogen) atoms. The fraction of sp³-hybridized carbons (Fsp3) is 0.200. The smallest absolute Gasteiger partial charge is 0.278 e. The number of benzene rings is 3. The van der Waals surface area contributed by atoms with Crippen LogP contribution in [-0.4, -0.2) is 39.4 Å². The second-order valence-electron chi connectivity index (χ2n) is 9.12. The topological polar surface area (TPSA) is 69.4 Å². The number of nitrogens with zero attached hydrogens (tertiary/aromatic N) is 4. The zero-order valence-corrected chi connectivity index (χ0v) is 25.0. The van der Waals surface area contributed by atoms with Crippen LogP contribution in [0.3, 0.4) is 0 Å². The van der Waals surface area contributed by atoms with Crippen molar-refractivity contribution in [2.24, 2.45) is 0 Å². The monoisotopic (exact) mass is 588 g/mol. The normalized spacial score (nSPS) is 11.1. The molecule has 10 heteroatoms. The molecule has 0 aliphatic rings. The van der Waals surface area contributed by atoms with Crippen LogP contribution >= 0.6 is 35.3 Å². The molecule has 5 rings (SSSR count). The highest BCUT2D eigenvalue weighted by Gasteiger charge is 2.23. The van der Waals surface area contributed by atoms with Crippen LogP contribution < -0.4 is 15.2 Å². The van der Waals surface area contributed by atoms with Gasteiger partial charge in [0.15, 0.2) is 14.8 Å². The Hall–Kier alpha value is -3.73. The number of ether oxygens (including phenoxy) is 1. The van der Waals surface area contributed by atoms with E-state index in [0.717, 1.165) is 22.5 Å². The Morgan fingerprint density at radius 3 is 2.45 bits per heavy atom. The van der Waals surface area contributed by atoms with Gasteiger partial charge in [0.2, 0.25) is 5.91 Å². The molecule has 204 valence electrons. The van der Waals surface area contributed by atoms with Gasteiger partial charge in [-0.25, -0.2) is 4.98 Å². The van der Waals surface area contributed by atoms with E-state index in [2.05, 4.69) is 0 Å². The highest BCUT2D eigenvalue weighted by molar-refractivity contribution is 7.99.